The van der Waals surface area contributed by atoms with Crippen molar-refractivity contribution < 1.29 is 14.4 Å². The zero-order chi connectivity index (χ0) is 28.4. The average molecular weight is 570 g/mol. The highest BCUT2D eigenvalue weighted by atomic mass is 32.2. The van der Waals surface area contributed by atoms with Crippen LogP contribution in [0.2, 0.25) is 0 Å². The van der Waals surface area contributed by atoms with Crippen LogP contribution in [0.5, 0.6) is 0 Å². The number of carbonyl (C=O) groups excluding carboxylic acids is 3. The van der Waals surface area contributed by atoms with Gasteiger partial charge in [0.2, 0.25) is 0 Å². The number of imide groups is 1. The Hall–Kier alpha value is -2.12. The van der Waals surface area contributed by atoms with Crippen LogP contribution in [0.25, 0.3) is 6.08 Å². The molecule has 222 valence electrons. The van der Waals surface area contributed by atoms with Gasteiger partial charge in [-0.3, -0.25) is 24.6 Å². The summed E-state index contributed by atoms with van der Waals surface area (Å²) < 4.78 is 0. The molecule has 1 N–H and O–H groups in total. The van der Waals surface area contributed by atoms with Crippen molar-refractivity contribution in [1.82, 2.24) is 15.1 Å². The molecule has 2 fully saturated rings. The lowest BCUT2D eigenvalue weighted by Gasteiger charge is -2.34. The van der Waals surface area contributed by atoms with E-state index in [1.54, 1.807) is 12.1 Å². The summed E-state index contributed by atoms with van der Waals surface area (Å²) in [6, 6.07) is 7.29. The van der Waals surface area contributed by atoms with Gasteiger partial charge in [0.15, 0.2) is 0 Å². The normalized spacial score (nSPS) is 17.1. The minimum absolute atomic E-state index is 0.0295. The zero-order valence-corrected chi connectivity index (χ0v) is 25.6. The fourth-order valence-electron chi connectivity index (χ4n) is 5.57. The summed E-state index contributed by atoms with van der Waals surface area (Å²) in [7, 11) is 0. The van der Waals surface area contributed by atoms with E-state index in [1.807, 2.05) is 23.1 Å². The second-order valence-electron chi connectivity index (χ2n) is 11.4. The first kappa shape index (κ1) is 32.4. The van der Waals surface area contributed by atoms with Crippen LogP contribution in [-0.4, -0.2) is 59.6 Å². The van der Waals surface area contributed by atoms with Crippen LogP contribution in [0.3, 0.4) is 0 Å². The molecule has 0 aromatic heterocycles. The molecule has 2 saturated heterocycles. The molecule has 6 nitrogen and oxygen atoms in total. The fraction of sp³-hybridized carbons (Fsp3) is 0.667. The minimum atomic E-state index is -0.382. The molecule has 3 rings (SSSR count). The number of hydrogen-bond acceptors (Lipinski definition) is 5. The van der Waals surface area contributed by atoms with Gasteiger partial charge in [0, 0.05) is 31.7 Å². The molecule has 0 aliphatic carbocycles. The van der Waals surface area contributed by atoms with Crippen LogP contribution in [0.1, 0.15) is 126 Å². The summed E-state index contributed by atoms with van der Waals surface area (Å²) in [6.45, 7) is 6.75. The fourth-order valence-corrected chi connectivity index (χ4v) is 6.26. The number of rotatable bonds is 19. The van der Waals surface area contributed by atoms with Gasteiger partial charge >= 0.3 is 0 Å². The molecular weight excluding hydrogens is 518 g/mol. The van der Waals surface area contributed by atoms with Crippen LogP contribution in [0.15, 0.2) is 29.2 Å². The Bertz CT molecular complexity index is 956. The lowest BCUT2D eigenvalue weighted by molar-refractivity contribution is -0.115. The van der Waals surface area contributed by atoms with E-state index in [9.17, 15) is 14.4 Å². The highest BCUT2D eigenvalue weighted by Crippen LogP contribution is 2.26. The molecule has 0 spiro atoms. The molecule has 0 atom stereocenters. The van der Waals surface area contributed by atoms with Crippen molar-refractivity contribution in [2.75, 3.05) is 32.7 Å². The van der Waals surface area contributed by atoms with E-state index in [4.69, 9.17) is 0 Å². The Balaban J connectivity index is 1.19. The number of nitrogens with one attached hydrogen (secondary N) is 1. The first-order chi connectivity index (χ1) is 19.6. The molecule has 0 radical (unpaired) electrons. The number of unbranched alkanes of at least 4 members (excludes halogenated alkanes) is 15. The molecule has 2 aliphatic rings. The molecule has 1 aromatic rings. The smallest absolute Gasteiger partial charge is 0.290 e. The van der Waals surface area contributed by atoms with E-state index >= 15 is 0 Å². The first-order valence-electron chi connectivity index (χ1n) is 15.9. The van der Waals surface area contributed by atoms with E-state index in [0.29, 0.717) is 10.5 Å². The maximum absolute atomic E-state index is 13.1. The molecule has 1 aromatic carbocycles. The second-order valence-corrected chi connectivity index (χ2v) is 12.4. The van der Waals surface area contributed by atoms with Gasteiger partial charge in [-0.2, -0.15) is 0 Å². The van der Waals surface area contributed by atoms with Crippen molar-refractivity contribution in [2.24, 2.45) is 0 Å². The monoisotopic (exact) mass is 569 g/mol. The SMILES string of the molecule is CCCCCCCCCCCCCCCCCCN1CCN(C(=O)c2cccc(C=C3SC(=O)NC3=O)c2)CC1. The predicted octanol–water partition coefficient (Wildman–Crippen LogP) is 8.03. The van der Waals surface area contributed by atoms with Gasteiger partial charge in [0.25, 0.3) is 17.1 Å². The summed E-state index contributed by atoms with van der Waals surface area (Å²) >= 11 is 0.890. The summed E-state index contributed by atoms with van der Waals surface area (Å²) in [4.78, 5) is 41.1. The number of amides is 3. The van der Waals surface area contributed by atoms with Crippen LogP contribution in [0, 0.1) is 0 Å². The standard InChI is InChI=1S/C33H51N3O3S/c1-2-3-4-5-6-7-8-9-10-11-12-13-14-15-16-17-21-35-22-24-36(25-23-35)32(38)29-20-18-19-28(26-29)27-30-31(37)34-33(39)40-30/h18-20,26-27H,2-17,21-25H2,1H3,(H,34,37,39). The summed E-state index contributed by atoms with van der Waals surface area (Å²) in [5.41, 5.74) is 1.37. The molecule has 0 saturated carbocycles. The van der Waals surface area contributed by atoms with Gasteiger partial charge in [-0.15, -0.1) is 0 Å². The Labute approximate surface area is 246 Å². The number of hydrogen-bond donors (Lipinski definition) is 1. The van der Waals surface area contributed by atoms with Crippen molar-refractivity contribution in [3.05, 3.63) is 40.3 Å². The van der Waals surface area contributed by atoms with Gasteiger partial charge in [-0.25, -0.2) is 0 Å². The van der Waals surface area contributed by atoms with Gasteiger partial charge in [-0.05, 0) is 48.5 Å². The van der Waals surface area contributed by atoms with Crippen molar-refractivity contribution in [3.8, 4) is 0 Å². The second kappa shape index (κ2) is 19.1. The number of piperazine rings is 1. The van der Waals surface area contributed by atoms with E-state index in [-0.39, 0.29) is 17.1 Å². The lowest BCUT2D eigenvalue weighted by Crippen LogP contribution is -2.48. The first-order valence-corrected chi connectivity index (χ1v) is 16.7. The number of nitrogens with zero attached hydrogens (tertiary/aromatic N) is 2. The van der Waals surface area contributed by atoms with Gasteiger partial charge in [-0.1, -0.05) is 115 Å². The van der Waals surface area contributed by atoms with Crippen LogP contribution in [0.4, 0.5) is 4.79 Å². The maximum atomic E-state index is 13.1. The maximum Gasteiger partial charge on any atom is 0.290 e. The van der Waals surface area contributed by atoms with Crippen LogP contribution >= 0.6 is 11.8 Å². The number of carbonyl (C=O) groups is 3. The van der Waals surface area contributed by atoms with E-state index in [1.165, 1.54) is 103 Å². The van der Waals surface area contributed by atoms with E-state index in [0.717, 1.165) is 50.0 Å². The Morgan fingerprint density at radius 3 is 1.88 bits per heavy atom. The highest BCUT2D eigenvalue weighted by Gasteiger charge is 2.25. The van der Waals surface area contributed by atoms with Gasteiger partial charge < -0.3 is 4.90 Å². The number of benzene rings is 1. The third-order valence-electron chi connectivity index (χ3n) is 8.06. The molecule has 40 heavy (non-hydrogen) atoms. The van der Waals surface area contributed by atoms with Gasteiger partial charge in [0.05, 0.1) is 4.91 Å². The third kappa shape index (κ3) is 12.2. The molecular formula is C33H51N3O3S. The minimum Gasteiger partial charge on any atom is -0.336 e. The Morgan fingerprint density at radius 2 is 1.35 bits per heavy atom. The molecule has 0 bridgehead atoms. The quantitative estimate of drug-likeness (QED) is 0.135. The zero-order valence-electron chi connectivity index (χ0n) is 24.8. The van der Waals surface area contributed by atoms with Crippen LogP contribution < -0.4 is 5.32 Å². The van der Waals surface area contributed by atoms with E-state index in [2.05, 4.69) is 17.1 Å². The predicted molar refractivity (Wildman–Crippen MR) is 167 cm³/mol. The topological polar surface area (TPSA) is 69.7 Å². The van der Waals surface area contributed by atoms with Crippen molar-refractivity contribution >= 4 is 34.9 Å². The molecule has 3 amide bonds. The Kier molecular flexibility index (Phi) is 15.5. The summed E-state index contributed by atoms with van der Waals surface area (Å²) in [5, 5.41) is 1.90. The molecule has 2 heterocycles. The lowest BCUT2D eigenvalue weighted by atomic mass is 10.0. The largest absolute Gasteiger partial charge is 0.336 e. The third-order valence-corrected chi connectivity index (χ3v) is 8.87. The summed E-state index contributed by atoms with van der Waals surface area (Å²) in [6.07, 6.45) is 23.9. The average Bonchev–Trinajstić information content (AvgIpc) is 3.28. The number of thioether (sulfide) groups is 1. The molecule has 0 unspecified atom stereocenters. The highest BCUT2D eigenvalue weighted by molar-refractivity contribution is 8.18. The van der Waals surface area contributed by atoms with Gasteiger partial charge in [0.1, 0.15) is 0 Å². The van der Waals surface area contributed by atoms with Crippen molar-refractivity contribution in [2.45, 2.75) is 110 Å². The Morgan fingerprint density at radius 1 is 0.800 bits per heavy atom. The van der Waals surface area contributed by atoms with Crippen molar-refractivity contribution in [3.63, 3.8) is 0 Å². The van der Waals surface area contributed by atoms with E-state index < -0.39 is 0 Å². The summed E-state index contributed by atoms with van der Waals surface area (Å²) in [5.74, 6) is -0.353. The molecule has 7 heteroatoms. The van der Waals surface area contributed by atoms with Crippen LogP contribution in [-0.2, 0) is 4.79 Å². The van der Waals surface area contributed by atoms with Crippen molar-refractivity contribution in [1.29, 1.82) is 0 Å². The molecule has 2 aliphatic heterocycles.